The maximum atomic E-state index is 12.7. The van der Waals surface area contributed by atoms with E-state index in [-0.39, 0.29) is 12.5 Å². The molecule has 0 aromatic heterocycles. The lowest BCUT2D eigenvalue weighted by Gasteiger charge is -2.11. The smallest absolute Gasteiger partial charge is 0.255 e. The average molecular weight is 379 g/mol. The monoisotopic (exact) mass is 379 g/mol. The normalized spacial score (nSPS) is 10.7. The SMILES string of the molecule is C#CCOC=C(C(=O)NCCc1ccc(OC)c(OC)c1)c1ccc(C)cc1. The molecule has 0 heterocycles. The third-order valence-electron chi connectivity index (χ3n) is 4.12. The minimum Gasteiger partial charge on any atom is -0.493 e. The van der Waals surface area contributed by atoms with Crippen LogP contribution in [-0.2, 0) is 16.0 Å². The number of aryl methyl sites for hydroxylation is 1. The number of terminal acetylenes is 1. The molecule has 0 atom stereocenters. The molecule has 0 aliphatic carbocycles. The van der Waals surface area contributed by atoms with Gasteiger partial charge in [-0.1, -0.05) is 41.8 Å². The first-order valence-electron chi connectivity index (χ1n) is 8.90. The summed E-state index contributed by atoms with van der Waals surface area (Å²) >= 11 is 0. The van der Waals surface area contributed by atoms with Gasteiger partial charge in [0.2, 0.25) is 0 Å². The lowest BCUT2D eigenvalue weighted by atomic mass is 10.0. The van der Waals surface area contributed by atoms with E-state index >= 15 is 0 Å². The van der Waals surface area contributed by atoms with E-state index in [0.29, 0.717) is 30.0 Å². The summed E-state index contributed by atoms with van der Waals surface area (Å²) in [7, 11) is 3.19. The molecule has 0 radical (unpaired) electrons. The number of nitrogens with one attached hydrogen (secondary N) is 1. The fraction of sp³-hybridized carbons (Fsp3) is 0.261. The number of ether oxygens (including phenoxy) is 3. The van der Waals surface area contributed by atoms with Crippen LogP contribution in [0.2, 0.25) is 0 Å². The van der Waals surface area contributed by atoms with Gasteiger partial charge in [0.15, 0.2) is 11.5 Å². The molecule has 0 aliphatic rings. The molecule has 1 amide bonds. The summed E-state index contributed by atoms with van der Waals surface area (Å²) in [6.45, 7) is 2.56. The quantitative estimate of drug-likeness (QED) is 0.314. The van der Waals surface area contributed by atoms with E-state index in [2.05, 4.69) is 11.2 Å². The first-order chi connectivity index (χ1) is 13.6. The minimum absolute atomic E-state index is 0.105. The van der Waals surface area contributed by atoms with Crippen molar-refractivity contribution in [3.8, 4) is 23.8 Å². The molecule has 0 saturated carbocycles. The molecule has 0 bridgehead atoms. The number of amides is 1. The highest BCUT2D eigenvalue weighted by Crippen LogP contribution is 2.27. The number of carbonyl (C=O) groups excluding carboxylic acids is 1. The van der Waals surface area contributed by atoms with Gasteiger partial charge in [-0.3, -0.25) is 4.79 Å². The summed E-state index contributed by atoms with van der Waals surface area (Å²) in [5, 5.41) is 2.93. The molecule has 2 aromatic carbocycles. The lowest BCUT2D eigenvalue weighted by Crippen LogP contribution is -2.26. The Morgan fingerprint density at radius 2 is 1.82 bits per heavy atom. The van der Waals surface area contributed by atoms with Gasteiger partial charge in [0.05, 0.1) is 26.1 Å². The second-order valence-electron chi connectivity index (χ2n) is 6.11. The van der Waals surface area contributed by atoms with Gasteiger partial charge < -0.3 is 19.5 Å². The largest absolute Gasteiger partial charge is 0.493 e. The predicted octanol–water partition coefficient (Wildman–Crippen LogP) is 3.36. The zero-order valence-corrected chi connectivity index (χ0v) is 16.5. The van der Waals surface area contributed by atoms with Crippen LogP contribution < -0.4 is 14.8 Å². The molecular formula is C23H25NO4. The Morgan fingerprint density at radius 3 is 2.46 bits per heavy atom. The standard InChI is InChI=1S/C23H25NO4/c1-5-14-28-16-20(19-9-6-17(2)7-10-19)23(25)24-13-12-18-8-11-21(26-3)22(15-18)27-4/h1,6-11,15-16H,12-14H2,2-4H3,(H,24,25). The molecule has 0 fully saturated rings. The van der Waals surface area contributed by atoms with Gasteiger partial charge in [-0.2, -0.15) is 0 Å². The summed E-state index contributed by atoms with van der Waals surface area (Å²) in [6.07, 6.45) is 7.28. The van der Waals surface area contributed by atoms with Crippen molar-refractivity contribution in [3.05, 3.63) is 65.4 Å². The molecule has 28 heavy (non-hydrogen) atoms. The van der Waals surface area contributed by atoms with Crippen LogP contribution in [0.15, 0.2) is 48.7 Å². The maximum absolute atomic E-state index is 12.7. The minimum atomic E-state index is -0.221. The van der Waals surface area contributed by atoms with Gasteiger partial charge in [0.25, 0.3) is 5.91 Å². The maximum Gasteiger partial charge on any atom is 0.255 e. The third kappa shape index (κ3) is 5.82. The number of rotatable bonds is 9. The first kappa shape index (κ1) is 20.9. The molecule has 1 N–H and O–H groups in total. The van der Waals surface area contributed by atoms with Gasteiger partial charge in [-0.15, -0.1) is 6.42 Å². The van der Waals surface area contributed by atoms with Gasteiger partial charge in [0, 0.05) is 6.54 Å². The Bertz CT molecular complexity index is 863. The Kier molecular flexibility index (Phi) is 7.98. The van der Waals surface area contributed by atoms with E-state index < -0.39 is 0 Å². The lowest BCUT2D eigenvalue weighted by molar-refractivity contribution is -0.115. The van der Waals surface area contributed by atoms with Crippen LogP contribution >= 0.6 is 0 Å². The molecule has 146 valence electrons. The van der Waals surface area contributed by atoms with E-state index in [1.165, 1.54) is 6.26 Å². The Balaban J connectivity index is 2.04. The van der Waals surface area contributed by atoms with Crippen LogP contribution in [0.4, 0.5) is 0 Å². The number of methoxy groups -OCH3 is 2. The van der Waals surface area contributed by atoms with Gasteiger partial charge in [0.1, 0.15) is 6.61 Å². The zero-order valence-electron chi connectivity index (χ0n) is 16.5. The predicted molar refractivity (Wildman–Crippen MR) is 110 cm³/mol. The summed E-state index contributed by atoms with van der Waals surface area (Å²) in [4.78, 5) is 12.7. The van der Waals surface area contributed by atoms with Crippen LogP contribution in [0, 0.1) is 19.3 Å². The first-order valence-corrected chi connectivity index (χ1v) is 8.90. The Hall–Kier alpha value is -3.39. The van der Waals surface area contributed by atoms with Crippen LogP contribution in [-0.4, -0.2) is 33.3 Å². The molecule has 5 heteroatoms. The molecule has 5 nitrogen and oxygen atoms in total. The molecule has 2 rings (SSSR count). The van der Waals surface area contributed by atoms with Crippen LogP contribution in [0.25, 0.3) is 5.57 Å². The second-order valence-corrected chi connectivity index (χ2v) is 6.11. The topological polar surface area (TPSA) is 56.8 Å². The molecular weight excluding hydrogens is 354 g/mol. The van der Waals surface area contributed by atoms with Crippen LogP contribution in [0.5, 0.6) is 11.5 Å². The highest BCUT2D eigenvalue weighted by Gasteiger charge is 2.13. The van der Waals surface area contributed by atoms with Crippen molar-refractivity contribution >= 4 is 11.5 Å². The Morgan fingerprint density at radius 1 is 1.11 bits per heavy atom. The van der Waals surface area contributed by atoms with E-state index in [9.17, 15) is 4.79 Å². The fourth-order valence-corrected chi connectivity index (χ4v) is 2.61. The van der Waals surface area contributed by atoms with E-state index in [0.717, 1.165) is 16.7 Å². The van der Waals surface area contributed by atoms with Crippen molar-refractivity contribution in [2.45, 2.75) is 13.3 Å². The summed E-state index contributed by atoms with van der Waals surface area (Å²) < 4.78 is 15.8. The summed E-state index contributed by atoms with van der Waals surface area (Å²) in [5.41, 5.74) is 3.35. The zero-order chi connectivity index (χ0) is 20.4. The number of benzene rings is 2. The van der Waals surface area contributed by atoms with Crippen molar-refractivity contribution in [3.63, 3.8) is 0 Å². The van der Waals surface area contributed by atoms with Crippen LogP contribution in [0.1, 0.15) is 16.7 Å². The second kappa shape index (κ2) is 10.7. The highest BCUT2D eigenvalue weighted by molar-refractivity contribution is 6.19. The average Bonchev–Trinajstić information content (AvgIpc) is 2.72. The number of hydrogen-bond acceptors (Lipinski definition) is 4. The van der Waals surface area contributed by atoms with Gasteiger partial charge >= 0.3 is 0 Å². The third-order valence-corrected chi connectivity index (χ3v) is 4.12. The highest BCUT2D eigenvalue weighted by atomic mass is 16.5. The van der Waals surface area contributed by atoms with E-state index in [1.54, 1.807) is 14.2 Å². The van der Waals surface area contributed by atoms with Crippen molar-refractivity contribution in [2.24, 2.45) is 0 Å². The summed E-state index contributed by atoms with van der Waals surface area (Å²) in [6, 6.07) is 13.4. The molecule has 0 unspecified atom stereocenters. The van der Waals surface area contributed by atoms with Gasteiger partial charge in [-0.25, -0.2) is 0 Å². The van der Waals surface area contributed by atoms with Crippen molar-refractivity contribution in [1.29, 1.82) is 0 Å². The van der Waals surface area contributed by atoms with Crippen molar-refractivity contribution in [1.82, 2.24) is 5.32 Å². The molecule has 0 aliphatic heterocycles. The van der Waals surface area contributed by atoms with Crippen molar-refractivity contribution < 1.29 is 19.0 Å². The number of hydrogen-bond donors (Lipinski definition) is 1. The number of carbonyl (C=O) groups is 1. The van der Waals surface area contributed by atoms with Gasteiger partial charge in [-0.05, 0) is 36.6 Å². The summed E-state index contributed by atoms with van der Waals surface area (Å²) in [5.74, 6) is 3.50. The van der Waals surface area contributed by atoms with E-state index in [1.807, 2.05) is 49.4 Å². The van der Waals surface area contributed by atoms with Crippen molar-refractivity contribution in [2.75, 3.05) is 27.4 Å². The molecule has 0 spiro atoms. The molecule has 2 aromatic rings. The fourth-order valence-electron chi connectivity index (χ4n) is 2.61. The van der Waals surface area contributed by atoms with E-state index in [4.69, 9.17) is 20.6 Å². The Labute approximate surface area is 166 Å². The molecule has 0 saturated heterocycles. The van der Waals surface area contributed by atoms with Crippen LogP contribution in [0.3, 0.4) is 0 Å².